The standard InChI is InChI=1S/C12H18BrN3O2/c1-14-11-10(13)12(16-7-15-11)18-9-5-3-4-8(6-9)17-2/h7-9H,3-6H2,1-2H3,(H,14,15,16). The largest absolute Gasteiger partial charge is 0.473 e. The molecule has 0 amide bonds. The molecule has 0 radical (unpaired) electrons. The Balaban J connectivity index is 2.04. The molecule has 18 heavy (non-hydrogen) atoms. The van der Waals surface area contributed by atoms with Crippen LogP contribution in [-0.4, -0.2) is 36.3 Å². The lowest BCUT2D eigenvalue weighted by molar-refractivity contribution is 0.0192. The van der Waals surface area contributed by atoms with Gasteiger partial charge < -0.3 is 14.8 Å². The van der Waals surface area contributed by atoms with Gasteiger partial charge in [-0.25, -0.2) is 9.97 Å². The summed E-state index contributed by atoms with van der Waals surface area (Å²) in [6, 6.07) is 0. The predicted octanol–water partition coefficient (Wildman–Crippen LogP) is 2.62. The van der Waals surface area contributed by atoms with E-state index in [4.69, 9.17) is 9.47 Å². The van der Waals surface area contributed by atoms with Crippen molar-refractivity contribution in [1.82, 2.24) is 9.97 Å². The number of anilines is 1. The van der Waals surface area contributed by atoms with E-state index in [0.717, 1.165) is 36.0 Å². The third-order valence-electron chi connectivity index (χ3n) is 3.18. The Bertz CT molecular complexity index is 403. The Morgan fingerprint density at radius 3 is 2.83 bits per heavy atom. The number of ether oxygens (including phenoxy) is 2. The molecule has 2 atom stereocenters. The van der Waals surface area contributed by atoms with Gasteiger partial charge in [-0.3, -0.25) is 0 Å². The number of aromatic nitrogens is 2. The van der Waals surface area contributed by atoms with E-state index in [1.54, 1.807) is 7.11 Å². The first-order valence-corrected chi connectivity index (χ1v) is 6.91. The topological polar surface area (TPSA) is 56.3 Å². The third kappa shape index (κ3) is 3.11. The lowest BCUT2D eigenvalue weighted by Gasteiger charge is -2.28. The summed E-state index contributed by atoms with van der Waals surface area (Å²) in [5, 5.41) is 2.99. The minimum absolute atomic E-state index is 0.166. The first kappa shape index (κ1) is 13.5. The molecule has 1 aliphatic carbocycles. The number of nitrogens with zero attached hydrogens (tertiary/aromatic N) is 2. The summed E-state index contributed by atoms with van der Waals surface area (Å²) >= 11 is 3.46. The van der Waals surface area contributed by atoms with Crippen molar-refractivity contribution >= 4 is 21.7 Å². The van der Waals surface area contributed by atoms with Gasteiger partial charge in [-0.2, -0.15) is 0 Å². The average Bonchev–Trinajstić information content (AvgIpc) is 2.41. The zero-order chi connectivity index (χ0) is 13.0. The number of rotatable bonds is 4. The molecule has 0 spiro atoms. The van der Waals surface area contributed by atoms with E-state index in [0.29, 0.717) is 12.0 Å². The fraction of sp³-hybridized carbons (Fsp3) is 0.667. The Kier molecular flexibility index (Phi) is 4.77. The van der Waals surface area contributed by atoms with Gasteiger partial charge >= 0.3 is 0 Å². The summed E-state index contributed by atoms with van der Waals surface area (Å²) in [4.78, 5) is 8.28. The minimum Gasteiger partial charge on any atom is -0.473 e. The molecule has 2 unspecified atom stereocenters. The average molecular weight is 316 g/mol. The zero-order valence-electron chi connectivity index (χ0n) is 10.6. The summed E-state index contributed by atoms with van der Waals surface area (Å²) in [5.74, 6) is 1.33. The normalized spacial score (nSPS) is 23.7. The Labute approximate surface area is 115 Å². The quantitative estimate of drug-likeness (QED) is 0.925. The number of hydrogen-bond donors (Lipinski definition) is 1. The molecule has 1 saturated carbocycles. The van der Waals surface area contributed by atoms with Crippen LogP contribution in [0.4, 0.5) is 5.82 Å². The lowest BCUT2D eigenvalue weighted by Crippen LogP contribution is -2.29. The summed E-state index contributed by atoms with van der Waals surface area (Å²) in [7, 11) is 3.57. The Hall–Kier alpha value is -0.880. The molecule has 6 heteroatoms. The maximum Gasteiger partial charge on any atom is 0.233 e. The first-order chi connectivity index (χ1) is 8.74. The van der Waals surface area contributed by atoms with Crippen molar-refractivity contribution in [3.05, 3.63) is 10.8 Å². The van der Waals surface area contributed by atoms with Crippen LogP contribution < -0.4 is 10.1 Å². The molecule has 1 aromatic rings. The van der Waals surface area contributed by atoms with Crippen molar-refractivity contribution in [3.8, 4) is 5.88 Å². The SMILES string of the molecule is CNc1ncnc(OC2CCCC(OC)C2)c1Br. The summed E-state index contributed by atoms with van der Waals surface area (Å²) < 4.78 is 12.1. The lowest BCUT2D eigenvalue weighted by atomic mass is 9.95. The van der Waals surface area contributed by atoms with Gasteiger partial charge in [-0.15, -0.1) is 0 Å². The molecule has 0 bridgehead atoms. The smallest absolute Gasteiger partial charge is 0.233 e. The monoisotopic (exact) mass is 315 g/mol. The van der Waals surface area contributed by atoms with Gasteiger partial charge in [0.15, 0.2) is 0 Å². The fourth-order valence-electron chi connectivity index (χ4n) is 2.19. The number of halogens is 1. The molecule has 1 aliphatic rings. The minimum atomic E-state index is 0.166. The van der Waals surface area contributed by atoms with E-state index >= 15 is 0 Å². The van der Waals surface area contributed by atoms with Gasteiger partial charge in [0.05, 0.1) is 6.10 Å². The summed E-state index contributed by atoms with van der Waals surface area (Å²) in [6.45, 7) is 0. The van der Waals surface area contributed by atoms with E-state index in [2.05, 4.69) is 31.2 Å². The Morgan fingerprint density at radius 2 is 2.11 bits per heavy atom. The Morgan fingerprint density at radius 1 is 1.33 bits per heavy atom. The van der Waals surface area contributed by atoms with Crippen LogP contribution in [0.25, 0.3) is 0 Å². The van der Waals surface area contributed by atoms with Crippen LogP contribution in [0.2, 0.25) is 0 Å². The molecular weight excluding hydrogens is 298 g/mol. The van der Waals surface area contributed by atoms with Crippen molar-refractivity contribution < 1.29 is 9.47 Å². The molecular formula is C12H18BrN3O2. The highest BCUT2D eigenvalue weighted by Crippen LogP contribution is 2.31. The molecule has 1 fully saturated rings. The first-order valence-electron chi connectivity index (χ1n) is 6.12. The van der Waals surface area contributed by atoms with Crippen LogP contribution in [0.15, 0.2) is 10.8 Å². The van der Waals surface area contributed by atoms with Crippen LogP contribution in [0.1, 0.15) is 25.7 Å². The van der Waals surface area contributed by atoms with Gasteiger partial charge in [0.2, 0.25) is 5.88 Å². The number of nitrogens with one attached hydrogen (secondary N) is 1. The van der Waals surface area contributed by atoms with Crippen LogP contribution >= 0.6 is 15.9 Å². The van der Waals surface area contributed by atoms with E-state index in [1.807, 2.05) is 7.05 Å². The van der Waals surface area contributed by atoms with E-state index in [9.17, 15) is 0 Å². The van der Waals surface area contributed by atoms with E-state index in [1.165, 1.54) is 6.33 Å². The van der Waals surface area contributed by atoms with Crippen molar-refractivity contribution in [2.45, 2.75) is 37.9 Å². The maximum atomic E-state index is 5.94. The number of hydrogen-bond acceptors (Lipinski definition) is 5. The molecule has 1 aromatic heterocycles. The molecule has 0 aromatic carbocycles. The molecule has 5 nitrogen and oxygen atoms in total. The van der Waals surface area contributed by atoms with Crippen molar-refractivity contribution in [2.75, 3.05) is 19.5 Å². The second-order valence-corrected chi connectivity index (χ2v) is 5.15. The van der Waals surface area contributed by atoms with Gasteiger partial charge in [0, 0.05) is 20.6 Å². The fourth-order valence-corrected chi connectivity index (χ4v) is 2.69. The van der Waals surface area contributed by atoms with Crippen LogP contribution in [0.3, 0.4) is 0 Å². The maximum absolute atomic E-state index is 5.94. The van der Waals surface area contributed by atoms with Crippen LogP contribution in [0, 0.1) is 0 Å². The third-order valence-corrected chi connectivity index (χ3v) is 3.90. The molecule has 100 valence electrons. The van der Waals surface area contributed by atoms with Gasteiger partial charge in [-0.1, -0.05) is 0 Å². The van der Waals surface area contributed by atoms with Crippen molar-refractivity contribution in [3.63, 3.8) is 0 Å². The highest BCUT2D eigenvalue weighted by molar-refractivity contribution is 9.10. The highest BCUT2D eigenvalue weighted by Gasteiger charge is 2.24. The van der Waals surface area contributed by atoms with Crippen LogP contribution in [0.5, 0.6) is 5.88 Å². The second kappa shape index (κ2) is 6.33. The van der Waals surface area contributed by atoms with Crippen molar-refractivity contribution in [1.29, 1.82) is 0 Å². The van der Waals surface area contributed by atoms with Gasteiger partial charge in [-0.05, 0) is 35.2 Å². The molecule has 0 saturated heterocycles. The molecule has 2 rings (SSSR count). The summed E-state index contributed by atoms with van der Waals surface area (Å²) in [5.41, 5.74) is 0. The van der Waals surface area contributed by atoms with Crippen molar-refractivity contribution in [2.24, 2.45) is 0 Å². The molecule has 1 N–H and O–H groups in total. The van der Waals surface area contributed by atoms with Gasteiger partial charge in [0.25, 0.3) is 0 Å². The number of methoxy groups -OCH3 is 1. The molecule has 0 aliphatic heterocycles. The summed E-state index contributed by atoms with van der Waals surface area (Å²) in [6.07, 6.45) is 6.18. The predicted molar refractivity (Wildman–Crippen MR) is 73.0 cm³/mol. The molecule has 1 heterocycles. The highest BCUT2D eigenvalue weighted by atomic mass is 79.9. The van der Waals surface area contributed by atoms with Crippen LogP contribution in [-0.2, 0) is 4.74 Å². The van der Waals surface area contributed by atoms with Gasteiger partial charge in [0.1, 0.15) is 22.7 Å². The second-order valence-electron chi connectivity index (χ2n) is 4.36. The van der Waals surface area contributed by atoms with E-state index in [-0.39, 0.29) is 6.10 Å². The zero-order valence-corrected chi connectivity index (χ0v) is 12.2. The van der Waals surface area contributed by atoms with E-state index < -0.39 is 0 Å².